The predicted molar refractivity (Wildman–Crippen MR) is 117 cm³/mol. The van der Waals surface area contributed by atoms with Gasteiger partial charge in [0.1, 0.15) is 17.3 Å². The Bertz CT molecular complexity index is 993. The van der Waals surface area contributed by atoms with E-state index in [2.05, 4.69) is 43.9 Å². The molecule has 4 heterocycles. The van der Waals surface area contributed by atoms with Gasteiger partial charge >= 0.3 is 0 Å². The monoisotopic (exact) mass is 422 g/mol. The number of aromatic nitrogens is 3. The number of rotatable bonds is 7. The van der Waals surface area contributed by atoms with E-state index >= 15 is 0 Å². The van der Waals surface area contributed by atoms with Gasteiger partial charge in [-0.05, 0) is 43.9 Å². The lowest BCUT2D eigenvalue weighted by atomic mass is 9.94. The van der Waals surface area contributed by atoms with Gasteiger partial charge in [-0.3, -0.25) is 4.57 Å². The summed E-state index contributed by atoms with van der Waals surface area (Å²) in [4.78, 5) is 2.11. The molecule has 5 rings (SSSR count). The van der Waals surface area contributed by atoms with Gasteiger partial charge in [-0.25, -0.2) is 0 Å². The summed E-state index contributed by atoms with van der Waals surface area (Å²) in [7, 11) is 2.04. The molecule has 0 N–H and O–H groups in total. The molecule has 0 aliphatic carbocycles. The van der Waals surface area contributed by atoms with Crippen molar-refractivity contribution in [3.05, 3.63) is 65.4 Å². The second-order valence-corrected chi connectivity index (χ2v) is 8.57. The van der Waals surface area contributed by atoms with Crippen LogP contribution in [0.4, 0.5) is 5.95 Å². The highest BCUT2D eigenvalue weighted by molar-refractivity contribution is 5.33. The fourth-order valence-corrected chi connectivity index (χ4v) is 4.73. The number of aryl methyl sites for hydroxylation is 1. The first-order valence-electron chi connectivity index (χ1n) is 11.2. The van der Waals surface area contributed by atoms with Crippen molar-refractivity contribution in [1.82, 2.24) is 14.8 Å². The van der Waals surface area contributed by atoms with Gasteiger partial charge < -0.3 is 18.8 Å². The van der Waals surface area contributed by atoms with Crippen LogP contribution in [-0.2, 0) is 22.6 Å². The number of ether oxygens (including phenoxy) is 2. The molecule has 3 atom stereocenters. The largest absolute Gasteiger partial charge is 0.464 e. The Balaban J connectivity index is 1.46. The van der Waals surface area contributed by atoms with Crippen LogP contribution in [0.25, 0.3) is 0 Å². The number of nitrogens with zero attached hydrogens (tertiary/aromatic N) is 4. The van der Waals surface area contributed by atoms with Crippen molar-refractivity contribution in [1.29, 1.82) is 0 Å². The van der Waals surface area contributed by atoms with Gasteiger partial charge in [0.25, 0.3) is 0 Å². The van der Waals surface area contributed by atoms with Crippen molar-refractivity contribution in [2.75, 3.05) is 25.2 Å². The molecule has 0 radical (unpaired) electrons. The summed E-state index contributed by atoms with van der Waals surface area (Å²) in [5, 5.41) is 9.31. The zero-order valence-electron chi connectivity index (χ0n) is 18.2. The average Bonchev–Trinajstić information content (AvgIpc) is 3.56. The van der Waals surface area contributed by atoms with E-state index in [-0.39, 0.29) is 18.1 Å². The van der Waals surface area contributed by atoms with Crippen molar-refractivity contribution in [3.63, 3.8) is 0 Å². The molecule has 31 heavy (non-hydrogen) atoms. The molecule has 0 amide bonds. The highest BCUT2D eigenvalue weighted by atomic mass is 16.5. The van der Waals surface area contributed by atoms with Crippen LogP contribution >= 0.6 is 0 Å². The summed E-state index contributed by atoms with van der Waals surface area (Å²) in [5.41, 5.74) is 1.19. The molecule has 0 spiro atoms. The Kier molecular flexibility index (Phi) is 5.78. The SMILES string of the molecule is Cc1ccc(CN(C)c2nnc([C@H]3CCO[C@@H]3c3ccccc3)n2C[C@@H]2CCCO2)o1. The third-order valence-electron chi connectivity index (χ3n) is 6.25. The standard InChI is InChI=1S/C24H30N4O3/c1-17-10-11-20(31-17)15-27(2)24-26-25-23(28(24)16-19-9-6-13-29-19)21-12-14-30-22(21)18-7-4-3-5-8-18/h3-5,7-8,10-11,19,21-22H,6,9,12-16H2,1-2H3/t19-,21-,22+/m0/s1. The minimum absolute atomic E-state index is 0.000439. The number of anilines is 1. The number of hydrogen-bond donors (Lipinski definition) is 0. The Morgan fingerprint density at radius 1 is 1.03 bits per heavy atom. The van der Waals surface area contributed by atoms with Crippen LogP contribution in [0.3, 0.4) is 0 Å². The molecule has 0 bridgehead atoms. The first-order chi connectivity index (χ1) is 15.2. The maximum Gasteiger partial charge on any atom is 0.227 e. The molecule has 7 nitrogen and oxygen atoms in total. The van der Waals surface area contributed by atoms with Gasteiger partial charge in [0, 0.05) is 20.3 Å². The topological polar surface area (TPSA) is 65.5 Å². The summed E-state index contributed by atoms with van der Waals surface area (Å²) in [6.45, 7) is 4.93. The first-order valence-corrected chi connectivity index (χ1v) is 11.2. The van der Waals surface area contributed by atoms with E-state index in [1.165, 1.54) is 5.56 Å². The summed E-state index contributed by atoms with van der Waals surface area (Å²) in [6.07, 6.45) is 3.31. The molecule has 3 aromatic rings. The highest BCUT2D eigenvalue weighted by Crippen LogP contribution is 2.42. The molecule has 1 aromatic carbocycles. The van der Waals surface area contributed by atoms with Crippen LogP contribution in [0.15, 0.2) is 46.9 Å². The summed E-state index contributed by atoms with van der Waals surface area (Å²) >= 11 is 0. The van der Waals surface area contributed by atoms with Crippen molar-refractivity contribution in [3.8, 4) is 0 Å². The van der Waals surface area contributed by atoms with E-state index in [4.69, 9.17) is 13.9 Å². The number of hydrogen-bond acceptors (Lipinski definition) is 6. The first kappa shape index (κ1) is 20.3. The van der Waals surface area contributed by atoms with Crippen LogP contribution in [0.5, 0.6) is 0 Å². The lowest BCUT2D eigenvalue weighted by molar-refractivity contribution is 0.0915. The number of furan rings is 1. The summed E-state index contributed by atoms with van der Waals surface area (Å²) in [6, 6.07) is 14.4. The van der Waals surface area contributed by atoms with Gasteiger partial charge in [-0.2, -0.15) is 0 Å². The van der Waals surface area contributed by atoms with Crippen LogP contribution in [0, 0.1) is 6.92 Å². The minimum Gasteiger partial charge on any atom is -0.464 e. The molecule has 2 aliphatic heterocycles. The van der Waals surface area contributed by atoms with Gasteiger partial charge in [0.15, 0.2) is 0 Å². The fraction of sp³-hybridized carbons (Fsp3) is 0.500. The Hall–Kier alpha value is -2.64. The van der Waals surface area contributed by atoms with Crippen molar-refractivity contribution in [2.24, 2.45) is 0 Å². The Morgan fingerprint density at radius 3 is 2.65 bits per heavy atom. The van der Waals surface area contributed by atoms with Crippen molar-refractivity contribution in [2.45, 2.75) is 57.4 Å². The molecule has 7 heteroatoms. The maximum absolute atomic E-state index is 6.16. The lowest BCUT2D eigenvalue weighted by Gasteiger charge is -2.24. The minimum atomic E-state index is -0.000439. The second kappa shape index (κ2) is 8.85. The lowest BCUT2D eigenvalue weighted by Crippen LogP contribution is -2.26. The second-order valence-electron chi connectivity index (χ2n) is 8.57. The van der Waals surface area contributed by atoms with E-state index in [0.29, 0.717) is 6.54 Å². The van der Waals surface area contributed by atoms with Crippen molar-refractivity contribution >= 4 is 5.95 Å². The quantitative estimate of drug-likeness (QED) is 0.567. The Labute approximate surface area is 183 Å². The van der Waals surface area contributed by atoms with Crippen LogP contribution in [0.1, 0.15) is 54.2 Å². The van der Waals surface area contributed by atoms with Crippen LogP contribution in [0.2, 0.25) is 0 Å². The predicted octanol–water partition coefficient (Wildman–Crippen LogP) is 4.24. The van der Waals surface area contributed by atoms with Gasteiger partial charge in [-0.1, -0.05) is 30.3 Å². The zero-order chi connectivity index (χ0) is 21.2. The van der Waals surface area contributed by atoms with Gasteiger partial charge in [0.05, 0.1) is 31.2 Å². The molecule has 164 valence electrons. The molecular weight excluding hydrogens is 392 g/mol. The van der Waals surface area contributed by atoms with E-state index in [0.717, 1.165) is 62.3 Å². The average molecular weight is 423 g/mol. The van der Waals surface area contributed by atoms with Crippen LogP contribution < -0.4 is 4.90 Å². The molecule has 2 saturated heterocycles. The Morgan fingerprint density at radius 2 is 1.90 bits per heavy atom. The molecule has 0 saturated carbocycles. The normalized spacial score (nSPS) is 23.5. The van der Waals surface area contributed by atoms with Gasteiger partial charge in [0.2, 0.25) is 5.95 Å². The van der Waals surface area contributed by atoms with Gasteiger partial charge in [-0.15, -0.1) is 10.2 Å². The molecule has 2 fully saturated rings. The van der Waals surface area contributed by atoms with E-state index in [1.807, 2.05) is 32.2 Å². The summed E-state index contributed by atoms with van der Waals surface area (Å²) < 4.78 is 20.2. The molecule has 2 aliphatic rings. The smallest absolute Gasteiger partial charge is 0.227 e. The number of benzene rings is 1. The maximum atomic E-state index is 6.16. The fourth-order valence-electron chi connectivity index (χ4n) is 4.73. The summed E-state index contributed by atoms with van der Waals surface area (Å²) in [5.74, 6) is 3.83. The van der Waals surface area contributed by atoms with Crippen LogP contribution in [-0.4, -0.2) is 41.1 Å². The zero-order valence-corrected chi connectivity index (χ0v) is 18.2. The van der Waals surface area contributed by atoms with E-state index in [9.17, 15) is 0 Å². The molecular formula is C24H30N4O3. The third-order valence-corrected chi connectivity index (χ3v) is 6.25. The highest BCUT2D eigenvalue weighted by Gasteiger charge is 2.36. The molecule has 2 aromatic heterocycles. The van der Waals surface area contributed by atoms with E-state index in [1.54, 1.807) is 0 Å². The third kappa shape index (κ3) is 4.25. The van der Waals surface area contributed by atoms with E-state index < -0.39 is 0 Å². The van der Waals surface area contributed by atoms with Crippen molar-refractivity contribution < 1.29 is 13.9 Å². The molecule has 0 unspecified atom stereocenters.